The zero-order valence-electron chi connectivity index (χ0n) is 14.9. The highest BCUT2D eigenvalue weighted by Gasteiger charge is 2.25. The first-order valence-electron chi connectivity index (χ1n) is 8.79. The fraction of sp³-hybridized carbons (Fsp3) is 0. The number of imide groups is 1. The maximum Gasteiger partial charge on any atom is 0.290 e. The summed E-state index contributed by atoms with van der Waals surface area (Å²) in [6.45, 7) is 0. The maximum absolute atomic E-state index is 11.7. The van der Waals surface area contributed by atoms with E-state index < -0.39 is 5.91 Å². The molecule has 2 amide bonds. The number of thioether (sulfide) groups is 1. The van der Waals surface area contributed by atoms with Gasteiger partial charge in [-0.1, -0.05) is 48.2 Å². The largest absolute Gasteiger partial charge is 0.455 e. The van der Waals surface area contributed by atoms with Gasteiger partial charge in [-0.25, -0.2) is 0 Å². The number of hydrogen-bond acceptors (Lipinski definition) is 5. The summed E-state index contributed by atoms with van der Waals surface area (Å²) < 4.78 is 5.90. The third-order valence-corrected chi connectivity index (χ3v) is 5.29. The number of aromatic nitrogens is 1. The highest BCUT2D eigenvalue weighted by Crippen LogP contribution is 2.29. The van der Waals surface area contributed by atoms with E-state index in [0.717, 1.165) is 33.5 Å². The standard InChI is InChI=1S/C23H12N2O3S/c26-22-20(29-23(27)25-22)11-18-10-17-13-24-12-16(21(17)28-18)9-8-15-6-3-5-14-4-1-2-7-19(14)15/h1-7,10-13H,(H,25,26,27)/b20-11+. The van der Waals surface area contributed by atoms with Gasteiger partial charge in [-0.15, -0.1) is 0 Å². The molecule has 5 rings (SSSR count). The van der Waals surface area contributed by atoms with Gasteiger partial charge in [-0.3, -0.25) is 19.9 Å². The highest BCUT2D eigenvalue weighted by molar-refractivity contribution is 8.18. The topological polar surface area (TPSA) is 72.2 Å². The first-order chi connectivity index (χ1) is 14.2. The van der Waals surface area contributed by atoms with Crippen molar-refractivity contribution in [2.75, 3.05) is 0 Å². The van der Waals surface area contributed by atoms with Crippen molar-refractivity contribution in [3.63, 3.8) is 0 Å². The molecule has 1 fully saturated rings. The van der Waals surface area contributed by atoms with Crippen LogP contribution in [-0.4, -0.2) is 16.1 Å². The summed E-state index contributed by atoms with van der Waals surface area (Å²) in [5.74, 6) is 6.41. The number of carbonyl (C=O) groups is 2. The summed E-state index contributed by atoms with van der Waals surface area (Å²) in [6.07, 6.45) is 4.88. The molecule has 1 aliphatic rings. The molecule has 0 radical (unpaired) electrons. The van der Waals surface area contributed by atoms with Gasteiger partial charge in [0.15, 0.2) is 5.58 Å². The quantitative estimate of drug-likeness (QED) is 0.373. The van der Waals surface area contributed by atoms with Crippen molar-refractivity contribution < 1.29 is 14.0 Å². The van der Waals surface area contributed by atoms with Crippen LogP contribution in [0.1, 0.15) is 16.9 Å². The number of benzene rings is 2. The summed E-state index contributed by atoms with van der Waals surface area (Å²) >= 11 is 0.849. The molecule has 6 heteroatoms. The van der Waals surface area contributed by atoms with E-state index in [9.17, 15) is 9.59 Å². The van der Waals surface area contributed by atoms with Gasteiger partial charge in [-0.2, -0.15) is 0 Å². The molecule has 5 nitrogen and oxygen atoms in total. The first kappa shape index (κ1) is 17.3. The monoisotopic (exact) mass is 396 g/mol. The normalized spacial score (nSPS) is 15.0. The zero-order chi connectivity index (χ0) is 19.8. The van der Waals surface area contributed by atoms with Crippen molar-refractivity contribution >= 4 is 50.7 Å². The number of amides is 2. The SMILES string of the molecule is O=C1NC(=O)/C(=C\c2cc3cncc(C#Cc4cccc5ccccc45)c3o2)S1. The van der Waals surface area contributed by atoms with E-state index in [-0.39, 0.29) is 5.24 Å². The molecular weight excluding hydrogens is 384 g/mol. The van der Waals surface area contributed by atoms with Crippen LogP contribution in [0.4, 0.5) is 4.79 Å². The van der Waals surface area contributed by atoms with Crippen LogP contribution in [0.5, 0.6) is 0 Å². The van der Waals surface area contributed by atoms with Crippen molar-refractivity contribution in [1.29, 1.82) is 0 Å². The first-order valence-corrected chi connectivity index (χ1v) is 9.61. The molecule has 3 heterocycles. The summed E-state index contributed by atoms with van der Waals surface area (Å²) in [5, 5.41) is 4.83. The summed E-state index contributed by atoms with van der Waals surface area (Å²) in [4.78, 5) is 27.6. The lowest BCUT2D eigenvalue weighted by molar-refractivity contribution is -0.115. The van der Waals surface area contributed by atoms with E-state index in [2.05, 4.69) is 34.3 Å². The number of furan rings is 1. The number of carbonyl (C=O) groups excluding carboxylic acids is 2. The number of fused-ring (bicyclic) bond motifs is 2. The van der Waals surface area contributed by atoms with E-state index in [0.29, 0.717) is 21.8 Å². The van der Waals surface area contributed by atoms with Crippen molar-refractivity contribution in [1.82, 2.24) is 10.3 Å². The van der Waals surface area contributed by atoms with Crippen LogP contribution in [0.15, 0.2) is 70.2 Å². The number of nitrogens with zero attached hydrogens (tertiary/aromatic N) is 1. The molecule has 138 valence electrons. The van der Waals surface area contributed by atoms with Gasteiger partial charge in [0.1, 0.15) is 5.76 Å². The minimum atomic E-state index is -0.422. The molecular formula is C23H12N2O3S. The van der Waals surface area contributed by atoms with Crippen molar-refractivity contribution in [3.8, 4) is 11.8 Å². The molecule has 0 saturated carbocycles. The molecule has 2 aromatic carbocycles. The molecule has 29 heavy (non-hydrogen) atoms. The Bertz CT molecular complexity index is 1400. The Labute approximate surface area is 169 Å². The van der Waals surface area contributed by atoms with Crippen LogP contribution in [0, 0.1) is 11.8 Å². The Balaban J connectivity index is 1.56. The molecule has 0 bridgehead atoms. The van der Waals surface area contributed by atoms with Crippen LogP contribution < -0.4 is 5.32 Å². The second-order valence-corrected chi connectivity index (χ2v) is 7.40. The third kappa shape index (κ3) is 3.28. The Hall–Kier alpha value is -3.82. The van der Waals surface area contributed by atoms with Gasteiger partial charge < -0.3 is 4.42 Å². The van der Waals surface area contributed by atoms with E-state index >= 15 is 0 Å². The van der Waals surface area contributed by atoms with Crippen molar-refractivity contribution in [3.05, 3.63) is 82.7 Å². The molecule has 0 spiro atoms. The average Bonchev–Trinajstić information content (AvgIpc) is 3.28. The lowest BCUT2D eigenvalue weighted by atomic mass is 10.0. The molecule has 1 N–H and O–H groups in total. The lowest BCUT2D eigenvalue weighted by Gasteiger charge is -1.99. The Kier molecular flexibility index (Phi) is 4.15. The Morgan fingerprint density at radius 3 is 2.66 bits per heavy atom. The molecule has 2 aromatic heterocycles. The average molecular weight is 396 g/mol. The van der Waals surface area contributed by atoms with Gasteiger partial charge in [-0.05, 0) is 34.7 Å². The number of pyridine rings is 1. The second-order valence-electron chi connectivity index (χ2n) is 6.38. The van der Waals surface area contributed by atoms with Crippen LogP contribution in [-0.2, 0) is 4.79 Å². The van der Waals surface area contributed by atoms with E-state index in [1.54, 1.807) is 24.5 Å². The highest BCUT2D eigenvalue weighted by atomic mass is 32.2. The van der Waals surface area contributed by atoms with Crippen LogP contribution in [0.3, 0.4) is 0 Å². The van der Waals surface area contributed by atoms with Crippen LogP contribution in [0.25, 0.3) is 27.8 Å². The van der Waals surface area contributed by atoms with Gasteiger partial charge in [0, 0.05) is 29.4 Å². The summed E-state index contributed by atoms with van der Waals surface area (Å²) in [5.41, 5.74) is 2.17. The molecule has 0 unspecified atom stereocenters. The molecule has 4 aromatic rings. The Morgan fingerprint density at radius 1 is 0.966 bits per heavy atom. The molecule has 1 saturated heterocycles. The summed E-state index contributed by atoms with van der Waals surface area (Å²) in [7, 11) is 0. The molecule has 0 aliphatic carbocycles. The van der Waals surface area contributed by atoms with Crippen molar-refractivity contribution in [2.45, 2.75) is 0 Å². The zero-order valence-corrected chi connectivity index (χ0v) is 15.7. The fourth-order valence-corrected chi connectivity index (χ4v) is 3.82. The van der Waals surface area contributed by atoms with Crippen LogP contribution >= 0.6 is 11.8 Å². The third-order valence-electron chi connectivity index (χ3n) is 4.48. The van der Waals surface area contributed by atoms with Gasteiger partial charge >= 0.3 is 0 Å². The van der Waals surface area contributed by atoms with Gasteiger partial charge in [0.05, 0.1) is 10.5 Å². The minimum absolute atomic E-state index is 0.297. The van der Waals surface area contributed by atoms with E-state index in [1.807, 2.05) is 30.3 Å². The molecule has 1 aliphatic heterocycles. The van der Waals surface area contributed by atoms with Crippen molar-refractivity contribution in [2.24, 2.45) is 0 Å². The minimum Gasteiger partial charge on any atom is -0.455 e. The van der Waals surface area contributed by atoms with Gasteiger partial charge in [0.2, 0.25) is 0 Å². The number of rotatable bonds is 1. The predicted molar refractivity (Wildman–Crippen MR) is 113 cm³/mol. The lowest BCUT2D eigenvalue weighted by Crippen LogP contribution is -2.17. The number of hydrogen-bond donors (Lipinski definition) is 1. The Morgan fingerprint density at radius 2 is 1.79 bits per heavy atom. The van der Waals surface area contributed by atoms with Crippen LogP contribution in [0.2, 0.25) is 0 Å². The smallest absolute Gasteiger partial charge is 0.290 e. The summed E-state index contributed by atoms with van der Waals surface area (Å²) in [6, 6.07) is 15.9. The van der Waals surface area contributed by atoms with E-state index in [1.165, 1.54) is 0 Å². The number of nitrogens with one attached hydrogen (secondary N) is 1. The second kappa shape index (κ2) is 6.97. The fourth-order valence-electron chi connectivity index (χ4n) is 3.16. The molecule has 0 atom stereocenters. The predicted octanol–water partition coefficient (Wildman–Crippen LogP) is 4.70. The maximum atomic E-state index is 11.7. The van der Waals surface area contributed by atoms with E-state index in [4.69, 9.17) is 4.42 Å². The van der Waals surface area contributed by atoms with Gasteiger partial charge in [0.25, 0.3) is 11.1 Å².